The molecule has 0 bridgehead atoms. The highest BCUT2D eigenvalue weighted by molar-refractivity contribution is 7.13. The fourth-order valence-electron chi connectivity index (χ4n) is 2.59. The molecule has 2 fully saturated rings. The molecule has 2 aromatic heterocycles. The second-order valence-corrected chi connectivity index (χ2v) is 6.73. The summed E-state index contributed by atoms with van der Waals surface area (Å²) in [5.74, 6) is 0. The van der Waals surface area contributed by atoms with Gasteiger partial charge < -0.3 is 9.88 Å². The van der Waals surface area contributed by atoms with Gasteiger partial charge in [-0.25, -0.2) is 0 Å². The maximum absolute atomic E-state index is 12.7. The van der Waals surface area contributed by atoms with Gasteiger partial charge in [0, 0.05) is 24.2 Å². The molecule has 3 nitrogen and oxygen atoms in total. The van der Waals surface area contributed by atoms with Crippen molar-refractivity contribution in [1.82, 2.24) is 9.88 Å². The van der Waals surface area contributed by atoms with Gasteiger partial charge in [0.05, 0.1) is 10.6 Å². The average molecular weight is 286 g/mol. The van der Waals surface area contributed by atoms with E-state index >= 15 is 0 Å². The smallest absolute Gasteiger partial charge is 0.255 e. The molecule has 0 atom stereocenters. The SMILES string of the molecule is O=c1c(CNC2CC2)ccc(-c2cccs2)n1C1CC1. The maximum atomic E-state index is 12.7. The first-order valence-corrected chi connectivity index (χ1v) is 8.22. The normalized spacial score (nSPS) is 18.4. The van der Waals surface area contributed by atoms with Gasteiger partial charge in [0.25, 0.3) is 5.56 Å². The minimum Gasteiger partial charge on any atom is -0.310 e. The van der Waals surface area contributed by atoms with E-state index in [1.54, 1.807) is 11.3 Å². The van der Waals surface area contributed by atoms with Gasteiger partial charge >= 0.3 is 0 Å². The van der Waals surface area contributed by atoms with Crippen molar-refractivity contribution in [2.45, 2.75) is 44.3 Å². The predicted octanol–water partition coefficient (Wildman–Crippen LogP) is 3.16. The first-order valence-electron chi connectivity index (χ1n) is 7.34. The summed E-state index contributed by atoms with van der Waals surface area (Å²) in [5, 5.41) is 5.51. The van der Waals surface area contributed by atoms with Gasteiger partial charge in [0.1, 0.15) is 0 Å². The van der Waals surface area contributed by atoms with E-state index < -0.39 is 0 Å². The standard InChI is InChI=1S/C16H18N2OS/c19-16-11(10-17-12-4-5-12)3-8-14(15-2-1-9-20-15)18(16)13-6-7-13/h1-3,8-9,12-13,17H,4-7,10H2. The molecule has 2 aliphatic rings. The lowest BCUT2D eigenvalue weighted by Gasteiger charge is -2.13. The van der Waals surface area contributed by atoms with Crippen molar-refractivity contribution >= 4 is 11.3 Å². The number of nitrogens with one attached hydrogen (secondary N) is 1. The number of hydrogen-bond donors (Lipinski definition) is 1. The summed E-state index contributed by atoms with van der Waals surface area (Å²) in [6.07, 6.45) is 4.78. The molecule has 2 aliphatic carbocycles. The minimum atomic E-state index is 0.201. The lowest BCUT2D eigenvalue weighted by Crippen LogP contribution is -2.28. The third kappa shape index (κ3) is 2.34. The molecule has 0 saturated heterocycles. The van der Waals surface area contributed by atoms with E-state index in [0.29, 0.717) is 18.6 Å². The molecule has 0 aliphatic heterocycles. The summed E-state index contributed by atoms with van der Waals surface area (Å²) in [7, 11) is 0. The lowest BCUT2D eigenvalue weighted by molar-refractivity contribution is 0.655. The van der Waals surface area contributed by atoms with E-state index in [1.165, 1.54) is 17.7 Å². The van der Waals surface area contributed by atoms with Crippen molar-refractivity contribution in [1.29, 1.82) is 0 Å². The molecule has 0 aromatic carbocycles. The lowest BCUT2D eigenvalue weighted by atomic mass is 10.2. The van der Waals surface area contributed by atoms with E-state index in [4.69, 9.17) is 0 Å². The van der Waals surface area contributed by atoms with Crippen molar-refractivity contribution < 1.29 is 0 Å². The van der Waals surface area contributed by atoms with Crippen molar-refractivity contribution in [3.8, 4) is 10.6 Å². The zero-order chi connectivity index (χ0) is 13.5. The van der Waals surface area contributed by atoms with Gasteiger partial charge in [-0.2, -0.15) is 0 Å². The molecular formula is C16H18N2OS. The Labute approximate surface area is 122 Å². The Hall–Kier alpha value is -1.39. The van der Waals surface area contributed by atoms with Crippen LogP contribution in [0.25, 0.3) is 10.6 Å². The first kappa shape index (κ1) is 12.4. The maximum Gasteiger partial charge on any atom is 0.255 e. The van der Waals surface area contributed by atoms with Crippen LogP contribution in [0.3, 0.4) is 0 Å². The fourth-order valence-corrected chi connectivity index (χ4v) is 3.34. The number of rotatable bonds is 5. The van der Waals surface area contributed by atoms with Crippen LogP contribution in [0.15, 0.2) is 34.4 Å². The van der Waals surface area contributed by atoms with Crippen LogP contribution in [0.4, 0.5) is 0 Å². The van der Waals surface area contributed by atoms with E-state index in [-0.39, 0.29) is 5.56 Å². The summed E-state index contributed by atoms with van der Waals surface area (Å²) in [6.45, 7) is 0.709. The van der Waals surface area contributed by atoms with Gasteiger partial charge in [-0.1, -0.05) is 12.1 Å². The molecule has 0 spiro atoms. The molecule has 2 aromatic rings. The van der Waals surface area contributed by atoms with Crippen LogP contribution in [0.1, 0.15) is 37.3 Å². The van der Waals surface area contributed by atoms with Crippen LogP contribution in [0, 0.1) is 0 Å². The minimum absolute atomic E-state index is 0.201. The molecule has 2 saturated carbocycles. The number of pyridine rings is 1. The Morgan fingerprint density at radius 2 is 2.05 bits per heavy atom. The van der Waals surface area contributed by atoms with Gasteiger partial charge in [0.15, 0.2) is 0 Å². The van der Waals surface area contributed by atoms with Gasteiger partial charge in [0.2, 0.25) is 0 Å². The van der Waals surface area contributed by atoms with Crippen molar-refractivity contribution in [3.05, 3.63) is 45.6 Å². The Kier molecular flexibility index (Phi) is 3.00. The van der Waals surface area contributed by atoms with Crippen LogP contribution in [0.5, 0.6) is 0 Å². The van der Waals surface area contributed by atoms with E-state index in [2.05, 4.69) is 22.8 Å². The summed E-state index contributed by atoms with van der Waals surface area (Å²) in [6, 6.07) is 9.33. The highest BCUT2D eigenvalue weighted by Crippen LogP contribution is 2.38. The Morgan fingerprint density at radius 3 is 2.70 bits per heavy atom. The van der Waals surface area contributed by atoms with Crippen LogP contribution in [0.2, 0.25) is 0 Å². The number of nitrogens with zero attached hydrogens (tertiary/aromatic N) is 1. The molecule has 4 rings (SSSR count). The summed E-state index contributed by atoms with van der Waals surface area (Å²) in [4.78, 5) is 13.9. The van der Waals surface area contributed by atoms with Crippen LogP contribution in [-0.2, 0) is 6.54 Å². The molecule has 1 N–H and O–H groups in total. The molecule has 0 unspecified atom stereocenters. The third-order valence-electron chi connectivity index (χ3n) is 4.04. The molecule has 0 radical (unpaired) electrons. The topological polar surface area (TPSA) is 34.0 Å². The second-order valence-electron chi connectivity index (χ2n) is 5.78. The second kappa shape index (κ2) is 4.86. The zero-order valence-corrected chi connectivity index (χ0v) is 12.2. The predicted molar refractivity (Wildman–Crippen MR) is 82.1 cm³/mol. The molecule has 104 valence electrons. The summed E-state index contributed by atoms with van der Waals surface area (Å²) >= 11 is 1.70. The third-order valence-corrected chi connectivity index (χ3v) is 4.93. The van der Waals surface area contributed by atoms with E-state index in [1.807, 2.05) is 16.7 Å². The van der Waals surface area contributed by atoms with Crippen molar-refractivity contribution in [2.75, 3.05) is 0 Å². The highest BCUT2D eigenvalue weighted by atomic mass is 32.1. The first-order chi connectivity index (χ1) is 9.83. The molecule has 4 heteroatoms. The van der Waals surface area contributed by atoms with Gasteiger partial charge in [-0.15, -0.1) is 11.3 Å². The summed E-state index contributed by atoms with van der Waals surface area (Å²) in [5.41, 5.74) is 2.19. The number of thiophene rings is 1. The van der Waals surface area contributed by atoms with Gasteiger partial charge in [-0.3, -0.25) is 4.79 Å². The Bertz CT molecular complexity index is 666. The van der Waals surface area contributed by atoms with Crippen molar-refractivity contribution in [3.63, 3.8) is 0 Å². The molecule has 2 heterocycles. The zero-order valence-electron chi connectivity index (χ0n) is 11.3. The molecular weight excluding hydrogens is 268 g/mol. The largest absolute Gasteiger partial charge is 0.310 e. The Morgan fingerprint density at radius 1 is 1.20 bits per heavy atom. The molecule has 0 amide bonds. The Balaban J connectivity index is 1.73. The van der Waals surface area contributed by atoms with E-state index in [9.17, 15) is 4.79 Å². The highest BCUT2D eigenvalue weighted by Gasteiger charge is 2.28. The molecule has 20 heavy (non-hydrogen) atoms. The quantitative estimate of drug-likeness (QED) is 0.916. The van der Waals surface area contributed by atoms with Crippen LogP contribution in [-0.4, -0.2) is 10.6 Å². The fraction of sp³-hybridized carbons (Fsp3) is 0.438. The van der Waals surface area contributed by atoms with E-state index in [0.717, 1.165) is 24.1 Å². The van der Waals surface area contributed by atoms with Gasteiger partial charge in [-0.05, 0) is 43.2 Å². The van der Waals surface area contributed by atoms with Crippen molar-refractivity contribution in [2.24, 2.45) is 0 Å². The average Bonchev–Trinajstić information content (AvgIpc) is 3.38. The van der Waals surface area contributed by atoms with Crippen LogP contribution < -0.4 is 10.9 Å². The monoisotopic (exact) mass is 286 g/mol. The van der Waals surface area contributed by atoms with Crippen LogP contribution >= 0.6 is 11.3 Å². The number of hydrogen-bond acceptors (Lipinski definition) is 3. The summed E-state index contributed by atoms with van der Waals surface area (Å²) < 4.78 is 2.02. The number of aromatic nitrogens is 1.